The molecule has 3 aromatic rings. The van der Waals surface area contributed by atoms with Gasteiger partial charge < -0.3 is 9.52 Å². The molecular weight excluding hydrogens is 202 g/mol. The van der Waals surface area contributed by atoms with Gasteiger partial charge >= 0.3 is 0 Å². The molecule has 0 aliphatic heterocycles. The summed E-state index contributed by atoms with van der Waals surface area (Å²) in [5.41, 5.74) is 2.29. The molecule has 1 aromatic heterocycles. The first kappa shape index (κ1) is 8.97. The fourth-order valence-electron chi connectivity index (χ4n) is 1.58. The summed E-state index contributed by atoms with van der Waals surface area (Å²) in [7, 11) is 0. The lowest BCUT2D eigenvalue weighted by molar-refractivity contribution is 0.474. The lowest BCUT2D eigenvalue weighted by atomic mass is 10.2. The molecule has 0 aliphatic rings. The Labute approximate surface area is 92.0 Å². The maximum absolute atomic E-state index is 9.32. The van der Waals surface area contributed by atoms with Gasteiger partial charge in [-0.1, -0.05) is 12.1 Å². The Morgan fingerprint density at radius 3 is 2.88 bits per heavy atom. The van der Waals surface area contributed by atoms with Gasteiger partial charge in [0.25, 0.3) is 0 Å². The molecule has 0 amide bonds. The largest absolute Gasteiger partial charge is 0.507 e. The predicted octanol–water partition coefficient (Wildman–Crippen LogP) is 3.00. The summed E-state index contributed by atoms with van der Waals surface area (Å²) in [6, 6.07) is 15.2. The Bertz CT molecular complexity index is 610. The van der Waals surface area contributed by atoms with E-state index in [4.69, 9.17) is 4.42 Å². The average Bonchev–Trinajstić information content (AvgIpc) is 2.72. The molecule has 77 valence electrons. The van der Waals surface area contributed by atoms with E-state index in [0.29, 0.717) is 5.89 Å². The van der Waals surface area contributed by atoms with Crippen molar-refractivity contribution in [3.05, 3.63) is 48.5 Å². The van der Waals surface area contributed by atoms with E-state index < -0.39 is 0 Å². The van der Waals surface area contributed by atoms with Crippen LogP contribution in [0.4, 0.5) is 0 Å². The summed E-state index contributed by atoms with van der Waals surface area (Å²) in [6.45, 7) is 0. The van der Waals surface area contributed by atoms with Gasteiger partial charge in [-0.15, -0.1) is 0 Å². The molecule has 1 N–H and O–H groups in total. The van der Waals surface area contributed by atoms with Gasteiger partial charge in [-0.25, -0.2) is 4.98 Å². The Morgan fingerprint density at radius 1 is 1.19 bits per heavy atom. The average molecular weight is 210 g/mol. The molecule has 0 fully saturated rings. The van der Waals surface area contributed by atoms with Gasteiger partial charge in [-0.2, -0.15) is 0 Å². The van der Waals surface area contributed by atoms with Crippen LogP contribution in [0.25, 0.3) is 22.6 Å². The van der Waals surface area contributed by atoms with Gasteiger partial charge in [0.15, 0.2) is 5.58 Å². The van der Waals surface area contributed by atoms with E-state index in [9.17, 15) is 5.11 Å². The highest BCUT2D eigenvalue weighted by Gasteiger charge is 2.07. The quantitative estimate of drug-likeness (QED) is 0.671. The molecule has 3 heteroatoms. The number of oxazole rings is 1. The zero-order valence-corrected chi connectivity index (χ0v) is 8.34. The SMILES string of the molecule is Oc1[c]ccc(-c2nc3ccccc3o2)c1. The topological polar surface area (TPSA) is 46.3 Å². The van der Waals surface area contributed by atoms with Gasteiger partial charge in [-0.05, 0) is 30.3 Å². The molecule has 16 heavy (non-hydrogen) atoms. The van der Waals surface area contributed by atoms with Crippen molar-refractivity contribution in [3.63, 3.8) is 0 Å². The van der Waals surface area contributed by atoms with Crippen molar-refractivity contribution in [2.45, 2.75) is 0 Å². The number of nitrogens with zero attached hydrogens (tertiary/aromatic N) is 1. The molecular formula is C13H8NO2. The Balaban J connectivity index is 2.19. The molecule has 1 radical (unpaired) electrons. The zero-order chi connectivity index (χ0) is 11.0. The maximum atomic E-state index is 9.32. The van der Waals surface area contributed by atoms with Crippen molar-refractivity contribution < 1.29 is 9.52 Å². The van der Waals surface area contributed by atoms with Gasteiger partial charge in [0, 0.05) is 11.6 Å². The van der Waals surface area contributed by atoms with Gasteiger partial charge in [0.05, 0.1) is 0 Å². The van der Waals surface area contributed by atoms with Crippen LogP contribution >= 0.6 is 0 Å². The van der Waals surface area contributed by atoms with Crippen LogP contribution in [0.15, 0.2) is 46.9 Å². The second-order valence-corrected chi connectivity index (χ2v) is 3.45. The Kier molecular flexibility index (Phi) is 1.90. The van der Waals surface area contributed by atoms with Crippen LogP contribution in [0.2, 0.25) is 0 Å². The molecule has 0 spiro atoms. The Morgan fingerprint density at radius 2 is 2.06 bits per heavy atom. The highest BCUT2D eigenvalue weighted by molar-refractivity contribution is 5.76. The molecule has 0 aliphatic carbocycles. The van der Waals surface area contributed by atoms with E-state index in [1.54, 1.807) is 18.2 Å². The molecule has 0 bridgehead atoms. The van der Waals surface area contributed by atoms with Crippen molar-refractivity contribution >= 4 is 11.1 Å². The number of rotatable bonds is 1. The van der Waals surface area contributed by atoms with Crippen molar-refractivity contribution in [1.82, 2.24) is 4.98 Å². The highest BCUT2D eigenvalue weighted by Crippen LogP contribution is 2.25. The minimum atomic E-state index is 0.0831. The van der Waals surface area contributed by atoms with Crippen LogP contribution in [0.1, 0.15) is 0 Å². The summed E-state index contributed by atoms with van der Waals surface area (Å²) >= 11 is 0. The van der Waals surface area contributed by atoms with Crippen molar-refractivity contribution in [1.29, 1.82) is 0 Å². The molecule has 0 atom stereocenters. The van der Waals surface area contributed by atoms with Crippen molar-refractivity contribution in [3.8, 4) is 17.2 Å². The van der Waals surface area contributed by atoms with Crippen LogP contribution in [0.3, 0.4) is 0 Å². The van der Waals surface area contributed by atoms with E-state index in [0.717, 1.165) is 16.7 Å². The van der Waals surface area contributed by atoms with E-state index in [2.05, 4.69) is 11.1 Å². The number of phenolic OH excluding ortho intramolecular Hbond substituents is 1. The second kappa shape index (κ2) is 3.38. The van der Waals surface area contributed by atoms with E-state index in [1.165, 1.54) is 0 Å². The summed E-state index contributed by atoms with van der Waals surface area (Å²) in [6.07, 6.45) is 0. The monoisotopic (exact) mass is 210 g/mol. The third-order valence-corrected chi connectivity index (χ3v) is 2.33. The third-order valence-electron chi connectivity index (χ3n) is 2.33. The molecule has 2 aromatic carbocycles. The molecule has 0 saturated heterocycles. The van der Waals surface area contributed by atoms with Gasteiger partial charge in [0.2, 0.25) is 5.89 Å². The van der Waals surface area contributed by atoms with Gasteiger partial charge in [-0.3, -0.25) is 0 Å². The summed E-state index contributed by atoms with van der Waals surface area (Å²) in [5, 5.41) is 9.32. The molecule has 0 saturated carbocycles. The number of benzene rings is 2. The predicted molar refractivity (Wildman–Crippen MR) is 59.9 cm³/mol. The van der Waals surface area contributed by atoms with Crippen LogP contribution in [0, 0.1) is 6.07 Å². The van der Waals surface area contributed by atoms with Crippen molar-refractivity contribution in [2.24, 2.45) is 0 Å². The summed E-state index contributed by atoms with van der Waals surface area (Å²) in [5.74, 6) is 0.588. The standard InChI is InChI=1S/C13H8NO2/c15-10-5-3-4-9(8-10)13-14-11-6-1-2-7-12(11)16-13/h1-4,6-8,15H. The fraction of sp³-hybridized carbons (Fsp3) is 0. The highest BCUT2D eigenvalue weighted by atomic mass is 16.3. The lowest BCUT2D eigenvalue weighted by Gasteiger charge is -1.94. The smallest absolute Gasteiger partial charge is 0.227 e. The van der Waals surface area contributed by atoms with Crippen LogP contribution < -0.4 is 0 Å². The van der Waals surface area contributed by atoms with E-state index in [1.807, 2.05) is 24.3 Å². The van der Waals surface area contributed by atoms with Crippen molar-refractivity contribution in [2.75, 3.05) is 0 Å². The Hall–Kier alpha value is -2.29. The third kappa shape index (κ3) is 1.42. The minimum Gasteiger partial charge on any atom is -0.507 e. The van der Waals surface area contributed by atoms with E-state index in [-0.39, 0.29) is 5.75 Å². The lowest BCUT2D eigenvalue weighted by Crippen LogP contribution is -1.76. The molecule has 3 nitrogen and oxygen atoms in total. The van der Waals surface area contributed by atoms with Crippen LogP contribution in [-0.2, 0) is 0 Å². The number of aromatic hydroxyl groups is 1. The molecule has 3 rings (SSSR count). The first-order valence-electron chi connectivity index (χ1n) is 4.89. The number of hydrogen-bond acceptors (Lipinski definition) is 3. The number of phenols is 1. The molecule has 0 unspecified atom stereocenters. The van der Waals surface area contributed by atoms with E-state index >= 15 is 0 Å². The number of para-hydroxylation sites is 2. The first-order chi connectivity index (χ1) is 7.83. The zero-order valence-electron chi connectivity index (χ0n) is 8.34. The number of hydrogen-bond donors (Lipinski definition) is 1. The number of aromatic nitrogens is 1. The minimum absolute atomic E-state index is 0.0831. The molecule has 1 heterocycles. The second-order valence-electron chi connectivity index (χ2n) is 3.45. The first-order valence-corrected chi connectivity index (χ1v) is 4.89. The van der Waals surface area contributed by atoms with Gasteiger partial charge in [0.1, 0.15) is 11.3 Å². The summed E-state index contributed by atoms with van der Waals surface area (Å²) in [4.78, 5) is 4.33. The summed E-state index contributed by atoms with van der Waals surface area (Å²) < 4.78 is 5.57. The van der Waals surface area contributed by atoms with Crippen LogP contribution in [0.5, 0.6) is 5.75 Å². The maximum Gasteiger partial charge on any atom is 0.227 e. The van der Waals surface area contributed by atoms with Crippen LogP contribution in [-0.4, -0.2) is 10.1 Å². The number of fused-ring (bicyclic) bond motifs is 1. The fourth-order valence-corrected chi connectivity index (χ4v) is 1.58. The normalized spacial score (nSPS) is 10.8.